The highest BCUT2D eigenvalue weighted by Gasteiger charge is 2.26. The fraction of sp³-hybridized carbons (Fsp3) is 0.667. The first-order valence-corrected chi connectivity index (χ1v) is 4.83. The van der Waals surface area contributed by atoms with Gasteiger partial charge in [0.25, 0.3) is 0 Å². The molecule has 0 rings (SSSR count). The molecule has 2 heteroatoms. The van der Waals surface area contributed by atoms with Crippen molar-refractivity contribution in [3.63, 3.8) is 0 Å². The number of rotatable bonds is 4. The molecule has 1 atom stereocenters. The predicted molar refractivity (Wildman–Crippen MR) is 58.6 cm³/mol. The Morgan fingerprint density at radius 1 is 1.43 bits per heavy atom. The summed E-state index contributed by atoms with van der Waals surface area (Å²) in [6.07, 6.45) is 4.86. The van der Waals surface area contributed by atoms with E-state index >= 15 is 0 Å². The van der Waals surface area contributed by atoms with Gasteiger partial charge in [0.2, 0.25) is 0 Å². The molecule has 1 N–H and O–H groups in total. The van der Waals surface area contributed by atoms with E-state index in [0.29, 0.717) is 13.0 Å². The normalized spacial score (nSPS) is 14.9. The zero-order valence-corrected chi connectivity index (χ0v) is 9.55. The number of aliphatic hydroxyl groups is 1. The summed E-state index contributed by atoms with van der Waals surface area (Å²) in [5, 5.41) is 9.91. The van der Waals surface area contributed by atoms with Crippen LogP contribution in [-0.2, 0) is 4.74 Å². The van der Waals surface area contributed by atoms with Crippen LogP contribution in [0.5, 0.6) is 0 Å². The molecule has 0 aromatic rings. The van der Waals surface area contributed by atoms with Crippen LogP contribution in [0.4, 0.5) is 0 Å². The number of allylic oxidation sites excluding steroid dienone is 1. The quantitative estimate of drug-likeness (QED) is 0.552. The molecule has 0 aromatic heterocycles. The fourth-order valence-corrected chi connectivity index (χ4v) is 1.22. The molecule has 80 valence electrons. The Morgan fingerprint density at radius 3 is 2.43 bits per heavy atom. The molecule has 0 aromatic carbocycles. The first-order chi connectivity index (χ1) is 6.33. The fourth-order valence-electron chi connectivity index (χ4n) is 1.22. The van der Waals surface area contributed by atoms with Crippen LogP contribution in [0.15, 0.2) is 12.7 Å². The Hall–Kier alpha value is -0.940. The van der Waals surface area contributed by atoms with Crippen molar-refractivity contribution < 1.29 is 9.84 Å². The molecule has 0 fully saturated rings. The second kappa shape index (κ2) is 5.07. The summed E-state index contributed by atoms with van der Waals surface area (Å²) >= 11 is 0. The Morgan fingerprint density at radius 2 is 2.00 bits per heavy atom. The SMILES string of the molecule is C=CC(C)(C)CC(C)(O)C#COCC. The van der Waals surface area contributed by atoms with Crippen LogP contribution < -0.4 is 0 Å². The minimum absolute atomic E-state index is 0.121. The number of hydrogen-bond acceptors (Lipinski definition) is 2. The standard InChI is InChI=1S/C12H20O2/c1-6-11(3,4)10-12(5,13)8-9-14-7-2/h6,13H,1,7,10H2,2-5H3. The largest absolute Gasteiger partial charge is 0.447 e. The van der Waals surface area contributed by atoms with Gasteiger partial charge in [-0.1, -0.05) is 19.9 Å². The molecule has 0 aliphatic rings. The van der Waals surface area contributed by atoms with Crippen LogP contribution in [0, 0.1) is 17.4 Å². The highest BCUT2D eigenvalue weighted by Crippen LogP contribution is 2.28. The van der Waals surface area contributed by atoms with Gasteiger partial charge < -0.3 is 9.84 Å². The summed E-state index contributed by atoms with van der Waals surface area (Å²) in [5.41, 5.74) is -1.14. The summed E-state index contributed by atoms with van der Waals surface area (Å²) in [5.74, 6) is 2.69. The van der Waals surface area contributed by atoms with Crippen molar-refractivity contribution in [1.29, 1.82) is 0 Å². The Kier molecular flexibility index (Phi) is 4.73. The third-order valence-corrected chi connectivity index (χ3v) is 1.89. The molecule has 0 heterocycles. The summed E-state index contributed by atoms with van der Waals surface area (Å²) in [6.45, 7) is 11.8. The summed E-state index contributed by atoms with van der Waals surface area (Å²) in [6, 6.07) is 0. The maximum Gasteiger partial charge on any atom is 0.126 e. The molecule has 0 radical (unpaired) electrons. The van der Waals surface area contributed by atoms with E-state index in [-0.39, 0.29) is 5.41 Å². The van der Waals surface area contributed by atoms with Gasteiger partial charge in [-0.15, -0.1) is 6.58 Å². The molecular formula is C12H20O2. The molecule has 0 amide bonds. The van der Waals surface area contributed by atoms with E-state index in [4.69, 9.17) is 4.74 Å². The minimum Gasteiger partial charge on any atom is -0.447 e. The number of hydrogen-bond donors (Lipinski definition) is 1. The van der Waals surface area contributed by atoms with Crippen molar-refractivity contribution in [2.75, 3.05) is 6.61 Å². The summed E-state index contributed by atoms with van der Waals surface area (Å²) in [7, 11) is 0. The highest BCUT2D eigenvalue weighted by molar-refractivity contribution is 5.11. The average molecular weight is 196 g/mol. The summed E-state index contributed by atoms with van der Waals surface area (Å²) in [4.78, 5) is 0. The van der Waals surface area contributed by atoms with E-state index in [1.54, 1.807) is 6.92 Å². The molecule has 14 heavy (non-hydrogen) atoms. The van der Waals surface area contributed by atoms with Crippen molar-refractivity contribution in [3.05, 3.63) is 12.7 Å². The van der Waals surface area contributed by atoms with Crippen molar-refractivity contribution in [3.8, 4) is 12.0 Å². The van der Waals surface area contributed by atoms with Gasteiger partial charge >= 0.3 is 0 Å². The molecule has 0 bridgehead atoms. The first kappa shape index (κ1) is 13.1. The third kappa shape index (κ3) is 5.66. The van der Waals surface area contributed by atoms with E-state index in [1.807, 2.05) is 26.8 Å². The third-order valence-electron chi connectivity index (χ3n) is 1.89. The van der Waals surface area contributed by atoms with E-state index in [1.165, 1.54) is 0 Å². The van der Waals surface area contributed by atoms with Crippen LogP contribution in [0.2, 0.25) is 0 Å². The molecule has 0 aliphatic heterocycles. The zero-order valence-electron chi connectivity index (χ0n) is 9.55. The molecule has 0 aliphatic carbocycles. The zero-order chi connectivity index (χ0) is 11.2. The maximum absolute atomic E-state index is 9.91. The Bertz CT molecular complexity index is 241. The predicted octanol–water partition coefficient (Wildman–Crippen LogP) is 2.34. The molecule has 1 unspecified atom stereocenters. The lowest BCUT2D eigenvalue weighted by Gasteiger charge is -2.27. The van der Waals surface area contributed by atoms with Crippen LogP contribution in [0.3, 0.4) is 0 Å². The Labute approximate surface area is 87.0 Å². The molecular weight excluding hydrogens is 176 g/mol. The van der Waals surface area contributed by atoms with Gasteiger partial charge in [-0.2, -0.15) is 0 Å². The van der Waals surface area contributed by atoms with Gasteiger partial charge in [-0.25, -0.2) is 0 Å². The van der Waals surface area contributed by atoms with Gasteiger partial charge in [0.1, 0.15) is 11.7 Å². The molecule has 2 nitrogen and oxygen atoms in total. The lowest BCUT2D eigenvalue weighted by molar-refractivity contribution is 0.0806. The van der Waals surface area contributed by atoms with Crippen LogP contribution >= 0.6 is 0 Å². The van der Waals surface area contributed by atoms with Crippen molar-refractivity contribution in [1.82, 2.24) is 0 Å². The topological polar surface area (TPSA) is 29.5 Å². The molecule has 0 saturated carbocycles. The smallest absolute Gasteiger partial charge is 0.126 e. The second-order valence-corrected chi connectivity index (χ2v) is 4.30. The molecule has 0 saturated heterocycles. The van der Waals surface area contributed by atoms with Crippen molar-refractivity contribution in [2.24, 2.45) is 5.41 Å². The monoisotopic (exact) mass is 196 g/mol. The Balaban J connectivity index is 4.35. The van der Waals surface area contributed by atoms with E-state index in [0.717, 1.165) is 0 Å². The lowest BCUT2D eigenvalue weighted by Crippen LogP contribution is -2.29. The van der Waals surface area contributed by atoms with E-state index in [2.05, 4.69) is 18.6 Å². The minimum atomic E-state index is -1.02. The van der Waals surface area contributed by atoms with Gasteiger partial charge in [0, 0.05) is 0 Å². The van der Waals surface area contributed by atoms with Crippen molar-refractivity contribution in [2.45, 2.75) is 39.7 Å². The van der Waals surface area contributed by atoms with Gasteiger partial charge in [0.05, 0.1) is 6.61 Å². The van der Waals surface area contributed by atoms with E-state index in [9.17, 15) is 5.11 Å². The van der Waals surface area contributed by atoms with Crippen LogP contribution in [-0.4, -0.2) is 17.3 Å². The van der Waals surface area contributed by atoms with Crippen molar-refractivity contribution >= 4 is 0 Å². The van der Waals surface area contributed by atoms with Gasteiger partial charge in [-0.05, 0) is 31.6 Å². The summed E-state index contributed by atoms with van der Waals surface area (Å²) < 4.78 is 4.87. The van der Waals surface area contributed by atoms with Gasteiger partial charge in [-0.3, -0.25) is 0 Å². The molecule has 0 spiro atoms. The lowest BCUT2D eigenvalue weighted by atomic mass is 9.81. The van der Waals surface area contributed by atoms with Crippen LogP contribution in [0.25, 0.3) is 0 Å². The van der Waals surface area contributed by atoms with Gasteiger partial charge in [0.15, 0.2) is 0 Å². The first-order valence-electron chi connectivity index (χ1n) is 4.83. The second-order valence-electron chi connectivity index (χ2n) is 4.30. The number of ether oxygens (including phenoxy) is 1. The maximum atomic E-state index is 9.91. The van der Waals surface area contributed by atoms with Crippen LogP contribution in [0.1, 0.15) is 34.1 Å². The highest BCUT2D eigenvalue weighted by atomic mass is 16.5. The van der Waals surface area contributed by atoms with E-state index < -0.39 is 5.60 Å². The average Bonchev–Trinajstić information content (AvgIpc) is 2.03.